The molecule has 4 nitrogen and oxygen atoms in total. The average molecular weight is 346 g/mol. The quantitative estimate of drug-likeness (QED) is 0.694. The van der Waals surface area contributed by atoms with Crippen molar-refractivity contribution in [3.63, 3.8) is 0 Å². The van der Waals surface area contributed by atoms with Crippen LogP contribution in [-0.2, 0) is 11.2 Å². The van der Waals surface area contributed by atoms with Gasteiger partial charge in [-0.15, -0.1) is 0 Å². The highest BCUT2D eigenvalue weighted by Crippen LogP contribution is 2.15. The second-order valence-corrected chi connectivity index (χ2v) is 7.02. The Morgan fingerprint density at radius 2 is 1.83 bits per heavy atom. The van der Waals surface area contributed by atoms with Gasteiger partial charge in [-0.25, -0.2) is 13.6 Å². The van der Waals surface area contributed by atoms with E-state index in [0.717, 1.165) is 6.07 Å². The molecule has 0 aromatic heterocycles. The van der Waals surface area contributed by atoms with E-state index in [1.807, 2.05) is 0 Å². The van der Waals surface area contributed by atoms with Crippen molar-refractivity contribution in [1.82, 2.24) is 10.6 Å². The molecule has 23 heavy (non-hydrogen) atoms. The Hall–Kier alpha value is -1.34. The van der Waals surface area contributed by atoms with Crippen molar-refractivity contribution in [2.24, 2.45) is 0 Å². The van der Waals surface area contributed by atoms with Gasteiger partial charge in [0.2, 0.25) is 0 Å². The molecular formula is C16H24F2N2O2S. The standard InChI is InChI=1S/C16H24F2N2O2S/c1-16(2,3)22-15(21)20-13(14(23)9-19-4)7-10-5-11(17)8-12(18)6-10/h5-6,8,13-14,19,23H,7,9H2,1-4H3,(H,20,21)/t13?,14-/m1/s1. The number of amides is 1. The molecular weight excluding hydrogens is 322 g/mol. The number of halogens is 2. The molecule has 1 aromatic carbocycles. The van der Waals surface area contributed by atoms with Gasteiger partial charge in [-0.05, 0) is 51.9 Å². The Morgan fingerprint density at radius 1 is 1.26 bits per heavy atom. The Bertz CT molecular complexity index is 515. The van der Waals surface area contributed by atoms with Gasteiger partial charge in [0, 0.05) is 23.9 Å². The van der Waals surface area contributed by atoms with Crippen LogP contribution in [0.25, 0.3) is 0 Å². The van der Waals surface area contributed by atoms with Crippen molar-refractivity contribution in [2.75, 3.05) is 13.6 Å². The number of nitrogens with one attached hydrogen (secondary N) is 2. The van der Waals surface area contributed by atoms with E-state index < -0.39 is 29.4 Å². The third-order valence-corrected chi connectivity index (χ3v) is 3.50. The predicted molar refractivity (Wildman–Crippen MR) is 89.9 cm³/mol. The summed E-state index contributed by atoms with van der Waals surface area (Å²) in [4.78, 5) is 12.0. The fraction of sp³-hybridized carbons (Fsp3) is 0.562. The van der Waals surface area contributed by atoms with E-state index in [1.54, 1.807) is 27.8 Å². The summed E-state index contributed by atoms with van der Waals surface area (Å²) in [6.07, 6.45) is -0.349. The summed E-state index contributed by atoms with van der Waals surface area (Å²) < 4.78 is 31.9. The summed E-state index contributed by atoms with van der Waals surface area (Å²) in [5.41, 5.74) is -0.187. The zero-order valence-corrected chi connectivity index (χ0v) is 14.7. The summed E-state index contributed by atoms with van der Waals surface area (Å²) in [6, 6.07) is 2.85. The van der Waals surface area contributed by atoms with Gasteiger partial charge in [-0.2, -0.15) is 12.6 Å². The minimum Gasteiger partial charge on any atom is -0.444 e. The maximum Gasteiger partial charge on any atom is 0.407 e. The third kappa shape index (κ3) is 7.65. The molecule has 0 saturated heterocycles. The van der Waals surface area contributed by atoms with E-state index in [2.05, 4.69) is 23.3 Å². The molecule has 0 aliphatic carbocycles. The van der Waals surface area contributed by atoms with Gasteiger partial charge in [0.15, 0.2) is 0 Å². The Labute approximate surface area is 141 Å². The molecule has 1 amide bonds. The molecule has 0 spiro atoms. The number of rotatable bonds is 6. The largest absolute Gasteiger partial charge is 0.444 e. The summed E-state index contributed by atoms with van der Waals surface area (Å²) in [5.74, 6) is -1.30. The van der Waals surface area contributed by atoms with Crippen molar-refractivity contribution in [3.8, 4) is 0 Å². The number of carbonyl (C=O) groups excluding carboxylic acids is 1. The molecule has 0 aliphatic rings. The number of carbonyl (C=O) groups is 1. The molecule has 0 heterocycles. The molecule has 2 atom stereocenters. The van der Waals surface area contributed by atoms with E-state index in [1.165, 1.54) is 12.1 Å². The molecule has 2 N–H and O–H groups in total. The second-order valence-electron chi connectivity index (χ2n) is 6.36. The maximum absolute atomic E-state index is 13.3. The van der Waals surface area contributed by atoms with E-state index in [9.17, 15) is 13.6 Å². The molecule has 1 unspecified atom stereocenters. The predicted octanol–water partition coefficient (Wildman–Crippen LogP) is 2.92. The summed E-state index contributed by atoms with van der Waals surface area (Å²) >= 11 is 4.45. The van der Waals surface area contributed by atoms with Crippen LogP contribution >= 0.6 is 12.6 Å². The number of alkyl carbamates (subject to hydrolysis) is 1. The molecule has 7 heteroatoms. The van der Waals surface area contributed by atoms with Crippen molar-refractivity contribution in [2.45, 2.75) is 44.1 Å². The first-order valence-electron chi connectivity index (χ1n) is 7.38. The highest BCUT2D eigenvalue weighted by atomic mass is 32.1. The van der Waals surface area contributed by atoms with Crippen molar-refractivity contribution in [3.05, 3.63) is 35.4 Å². The number of ether oxygens (including phenoxy) is 1. The first kappa shape index (κ1) is 19.7. The van der Waals surface area contributed by atoms with Gasteiger partial charge < -0.3 is 15.4 Å². The van der Waals surface area contributed by atoms with Crippen LogP contribution in [0.1, 0.15) is 26.3 Å². The van der Waals surface area contributed by atoms with Crippen LogP contribution in [0.4, 0.5) is 13.6 Å². The zero-order valence-electron chi connectivity index (χ0n) is 13.8. The normalized spacial score (nSPS) is 14.2. The molecule has 0 aliphatic heterocycles. The monoisotopic (exact) mass is 346 g/mol. The highest BCUT2D eigenvalue weighted by Gasteiger charge is 2.24. The minimum absolute atomic E-state index is 0.240. The van der Waals surface area contributed by atoms with Gasteiger partial charge in [0.1, 0.15) is 17.2 Å². The van der Waals surface area contributed by atoms with Crippen LogP contribution in [0, 0.1) is 11.6 Å². The Kier molecular flexibility index (Phi) is 7.28. The second kappa shape index (κ2) is 8.49. The smallest absolute Gasteiger partial charge is 0.407 e. The van der Waals surface area contributed by atoms with E-state index >= 15 is 0 Å². The first-order valence-corrected chi connectivity index (χ1v) is 7.89. The lowest BCUT2D eigenvalue weighted by Crippen LogP contribution is -2.47. The summed E-state index contributed by atoms with van der Waals surface area (Å²) in [5, 5.41) is 5.43. The number of hydrogen-bond acceptors (Lipinski definition) is 4. The van der Waals surface area contributed by atoms with Crippen LogP contribution in [0.3, 0.4) is 0 Å². The molecule has 1 aromatic rings. The number of thiol groups is 1. The van der Waals surface area contributed by atoms with Crippen molar-refractivity contribution >= 4 is 18.7 Å². The van der Waals surface area contributed by atoms with Gasteiger partial charge in [-0.1, -0.05) is 0 Å². The number of benzene rings is 1. The molecule has 0 fully saturated rings. The van der Waals surface area contributed by atoms with Crippen LogP contribution in [0.5, 0.6) is 0 Å². The van der Waals surface area contributed by atoms with Crippen LogP contribution < -0.4 is 10.6 Å². The van der Waals surface area contributed by atoms with Gasteiger partial charge in [0.25, 0.3) is 0 Å². The number of hydrogen-bond donors (Lipinski definition) is 3. The topological polar surface area (TPSA) is 50.4 Å². The van der Waals surface area contributed by atoms with Gasteiger partial charge in [-0.3, -0.25) is 0 Å². The Morgan fingerprint density at radius 3 is 2.30 bits per heavy atom. The minimum atomic E-state index is -0.652. The summed E-state index contributed by atoms with van der Waals surface area (Å²) in [7, 11) is 1.76. The lowest BCUT2D eigenvalue weighted by molar-refractivity contribution is 0.0503. The van der Waals surface area contributed by atoms with Gasteiger partial charge >= 0.3 is 6.09 Å². The lowest BCUT2D eigenvalue weighted by atomic mass is 10.0. The van der Waals surface area contributed by atoms with E-state index in [-0.39, 0.29) is 11.7 Å². The Balaban J connectivity index is 2.85. The fourth-order valence-electron chi connectivity index (χ4n) is 2.08. The maximum atomic E-state index is 13.3. The fourth-order valence-corrected chi connectivity index (χ4v) is 2.44. The molecule has 0 bridgehead atoms. The van der Waals surface area contributed by atoms with E-state index in [4.69, 9.17) is 4.74 Å². The van der Waals surface area contributed by atoms with Crippen LogP contribution in [0.2, 0.25) is 0 Å². The van der Waals surface area contributed by atoms with Crippen molar-refractivity contribution in [1.29, 1.82) is 0 Å². The summed E-state index contributed by atoms with van der Waals surface area (Å²) in [6.45, 7) is 5.79. The zero-order chi connectivity index (χ0) is 17.6. The molecule has 1 rings (SSSR count). The van der Waals surface area contributed by atoms with Crippen LogP contribution in [0.15, 0.2) is 18.2 Å². The molecule has 0 radical (unpaired) electrons. The average Bonchev–Trinajstić information content (AvgIpc) is 2.34. The van der Waals surface area contributed by atoms with Gasteiger partial charge in [0.05, 0.1) is 0 Å². The third-order valence-electron chi connectivity index (χ3n) is 2.96. The SMILES string of the molecule is CNC[C@@H](S)C(Cc1cc(F)cc(F)c1)NC(=O)OC(C)(C)C. The lowest BCUT2D eigenvalue weighted by Gasteiger charge is -2.27. The van der Waals surface area contributed by atoms with E-state index in [0.29, 0.717) is 12.1 Å². The van der Waals surface area contributed by atoms with Crippen molar-refractivity contribution < 1.29 is 18.3 Å². The molecule has 0 saturated carbocycles. The molecule has 130 valence electrons. The highest BCUT2D eigenvalue weighted by molar-refractivity contribution is 7.81. The van der Waals surface area contributed by atoms with Crippen LogP contribution in [-0.4, -0.2) is 36.6 Å². The first-order chi connectivity index (χ1) is 10.6.